The molecule has 4 aromatic rings. The second-order valence-corrected chi connectivity index (χ2v) is 6.61. The molecule has 2 aromatic heterocycles. The van der Waals surface area contributed by atoms with Crippen LogP contribution >= 0.6 is 0 Å². The number of fused-ring (bicyclic) bond motifs is 2. The summed E-state index contributed by atoms with van der Waals surface area (Å²) in [5.74, 6) is 1.15. The zero-order chi connectivity index (χ0) is 19.7. The van der Waals surface area contributed by atoms with Gasteiger partial charge in [-0.25, -0.2) is 4.79 Å². The molecule has 0 aliphatic heterocycles. The normalized spacial score (nSPS) is 12.4. The Morgan fingerprint density at radius 1 is 0.964 bits per heavy atom. The van der Waals surface area contributed by atoms with E-state index in [1.54, 1.807) is 30.3 Å². The quantitative estimate of drug-likeness (QED) is 0.512. The Morgan fingerprint density at radius 2 is 1.68 bits per heavy atom. The van der Waals surface area contributed by atoms with Crippen LogP contribution in [0, 0.1) is 13.8 Å². The highest BCUT2D eigenvalue weighted by molar-refractivity contribution is 5.81. The van der Waals surface area contributed by atoms with Gasteiger partial charge in [0.1, 0.15) is 36.4 Å². The topological polar surface area (TPSA) is 94.9 Å². The Morgan fingerprint density at radius 3 is 2.46 bits per heavy atom. The van der Waals surface area contributed by atoms with Crippen LogP contribution in [0.2, 0.25) is 0 Å². The van der Waals surface area contributed by atoms with E-state index in [1.165, 1.54) is 6.07 Å². The summed E-state index contributed by atoms with van der Waals surface area (Å²) in [4.78, 5) is 11.4. The van der Waals surface area contributed by atoms with Crippen molar-refractivity contribution in [3.05, 3.63) is 64.1 Å². The summed E-state index contributed by atoms with van der Waals surface area (Å²) in [5.41, 5.74) is 2.38. The first kappa shape index (κ1) is 18.1. The third kappa shape index (κ3) is 3.70. The number of hydrogen-bond donors (Lipinski definition) is 1. The maximum Gasteiger partial charge on any atom is 0.336 e. The van der Waals surface area contributed by atoms with Gasteiger partial charge >= 0.3 is 5.63 Å². The van der Waals surface area contributed by atoms with E-state index in [0.717, 1.165) is 22.0 Å². The lowest BCUT2D eigenvalue weighted by Crippen LogP contribution is -2.25. The Bertz CT molecular complexity index is 1190. The maximum absolute atomic E-state index is 11.4. The molecule has 0 bridgehead atoms. The molecule has 2 aromatic carbocycles. The van der Waals surface area contributed by atoms with Gasteiger partial charge in [0.2, 0.25) is 0 Å². The Labute approximate surface area is 160 Å². The summed E-state index contributed by atoms with van der Waals surface area (Å²) < 4.78 is 21.6. The number of aliphatic hydroxyl groups excluding tert-OH is 1. The van der Waals surface area contributed by atoms with Crippen molar-refractivity contribution >= 4 is 21.9 Å². The van der Waals surface area contributed by atoms with Crippen molar-refractivity contribution in [2.75, 3.05) is 13.2 Å². The standard InChI is InChI=1S/C21H19NO6/c1-12-7-21(24)27-19-6-4-15(8-18(12)19)25-10-14(23)11-26-16-3-5-17-13(2)22-28-20(17)9-16/h3-9,14,23H,10-11H2,1-2H3. The molecule has 2 heterocycles. The number of aliphatic hydroxyl groups is 1. The molecule has 7 nitrogen and oxygen atoms in total. The van der Waals surface area contributed by atoms with E-state index in [2.05, 4.69) is 5.16 Å². The number of aryl methyl sites for hydroxylation is 2. The lowest BCUT2D eigenvalue weighted by molar-refractivity contribution is 0.0627. The van der Waals surface area contributed by atoms with E-state index in [-0.39, 0.29) is 18.8 Å². The number of rotatable bonds is 6. The van der Waals surface area contributed by atoms with Gasteiger partial charge in [-0.1, -0.05) is 5.16 Å². The molecule has 1 atom stereocenters. The van der Waals surface area contributed by atoms with Crippen molar-refractivity contribution < 1.29 is 23.5 Å². The summed E-state index contributed by atoms with van der Waals surface area (Å²) in [6.07, 6.45) is -0.822. The van der Waals surface area contributed by atoms with Crippen LogP contribution in [-0.2, 0) is 0 Å². The highest BCUT2D eigenvalue weighted by Gasteiger charge is 2.10. The second-order valence-electron chi connectivity index (χ2n) is 6.61. The van der Waals surface area contributed by atoms with Crippen LogP contribution in [0.1, 0.15) is 11.3 Å². The largest absolute Gasteiger partial charge is 0.491 e. The molecule has 7 heteroatoms. The second kappa shape index (κ2) is 7.36. The summed E-state index contributed by atoms with van der Waals surface area (Å²) in [7, 11) is 0. The maximum atomic E-state index is 11.4. The molecule has 1 unspecified atom stereocenters. The number of aromatic nitrogens is 1. The van der Waals surface area contributed by atoms with Gasteiger partial charge < -0.3 is 23.5 Å². The van der Waals surface area contributed by atoms with Gasteiger partial charge in [0.25, 0.3) is 0 Å². The highest BCUT2D eigenvalue weighted by atomic mass is 16.5. The summed E-state index contributed by atoms with van der Waals surface area (Å²) in [6, 6.07) is 12.0. The van der Waals surface area contributed by atoms with Gasteiger partial charge in [-0.05, 0) is 49.7 Å². The van der Waals surface area contributed by atoms with Crippen LogP contribution in [0.3, 0.4) is 0 Å². The first-order valence-corrected chi connectivity index (χ1v) is 8.84. The van der Waals surface area contributed by atoms with Gasteiger partial charge in [0.15, 0.2) is 5.58 Å². The lowest BCUT2D eigenvalue weighted by Gasteiger charge is -2.14. The zero-order valence-corrected chi connectivity index (χ0v) is 15.5. The van der Waals surface area contributed by atoms with Crippen LogP contribution in [0.5, 0.6) is 11.5 Å². The molecule has 0 aliphatic rings. The van der Waals surface area contributed by atoms with E-state index >= 15 is 0 Å². The molecule has 0 spiro atoms. The molecular weight excluding hydrogens is 362 g/mol. The van der Waals surface area contributed by atoms with Crippen molar-refractivity contribution in [1.29, 1.82) is 0 Å². The Hall–Kier alpha value is -3.32. The van der Waals surface area contributed by atoms with Crippen molar-refractivity contribution in [2.24, 2.45) is 0 Å². The molecule has 0 saturated carbocycles. The number of benzene rings is 2. The first-order valence-electron chi connectivity index (χ1n) is 8.84. The Balaban J connectivity index is 1.36. The zero-order valence-electron chi connectivity index (χ0n) is 15.5. The molecule has 28 heavy (non-hydrogen) atoms. The van der Waals surface area contributed by atoms with Crippen molar-refractivity contribution in [1.82, 2.24) is 5.16 Å². The first-order chi connectivity index (χ1) is 13.5. The number of ether oxygens (including phenoxy) is 2. The van der Waals surface area contributed by atoms with E-state index in [1.807, 2.05) is 19.9 Å². The molecule has 144 valence electrons. The lowest BCUT2D eigenvalue weighted by atomic mass is 10.1. The van der Waals surface area contributed by atoms with Crippen LogP contribution in [-0.4, -0.2) is 29.6 Å². The number of nitrogens with zero attached hydrogens (tertiary/aromatic N) is 1. The third-order valence-electron chi connectivity index (χ3n) is 4.43. The fourth-order valence-electron chi connectivity index (χ4n) is 2.96. The predicted octanol–water partition coefficient (Wildman–Crippen LogP) is 3.37. The van der Waals surface area contributed by atoms with Crippen molar-refractivity contribution in [3.63, 3.8) is 0 Å². The SMILES string of the molecule is Cc1cc(=O)oc2ccc(OCC(O)COc3ccc4c(C)noc4c3)cc12. The third-order valence-corrected chi connectivity index (χ3v) is 4.43. The molecule has 1 N–H and O–H groups in total. The van der Waals surface area contributed by atoms with Crippen LogP contribution in [0.15, 0.2) is 56.2 Å². The van der Waals surface area contributed by atoms with E-state index < -0.39 is 6.10 Å². The van der Waals surface area contributed by atoms with Gasteiger partial charge in [0, 0.05) is 22.9 Å². The average molecular weight is 381 g/mol. The van der Waals surface area contributed by atoms with Gasteiger partial charge in [-0.3, -0.25) is 0 Å². The fraction of sp³-hybridized carbons (Fsp3) is 0.238. The number of hydrogen-bond acceptors (Lipinski definition) is 7. The van der Waals surface area contributed by atoms with Crippen LogP contribution < -0.4 is 15.1 Å². The van der Waals surface area contributed by atoms with Crippen molar-refractivity contribution in [3.8, 4) is 11.5 Å². The van der Waals surface area contributed by atoms with E-state index in [9.17, 15) is 9.90 Å². The molecule has 0 amide bonds. The molecule has 0 aliphatic carbocycles. The summed E-state index contributed by atoms with van der Waals surface area (Å²) in [6.45, 7) is 3.83. The van der Waals surface area contributed by atoms with E-state index in [0.29, 0.717) is 22.7 Å². The van der Waals surface area contributed by atoms with Gasteiger partial charge in [0.05, 0.1) is 5.69 Å². The minimum atomic E-state index is -0.822. The fourth-order valence-corrected chi connectivity index (χ4v) is 2.96. The molecule has 0 fully saturated rings. The van der Waals surface area contributed by atoms with Crippen LogP contribution in [0.4, 0.5) is 0 Å². The highest BCUT2D eigenvalue weighted by Crippen LogP contribution is 2.24. The predicted molar refractivity (Wildman–Crippen MR) is 103 cm³/mol. The monoisotopic (exact) mass is 381 g/mol. The van der Waals surface area contributed by atoms with Gasteiger partial charge in [-0.15, -0.1) is 0 Å². The van der Waals surface area contributed by atoms with E-state index in [4.69, 9.17) is 18.4 Å². The summed E-state index contributed by atoms with van der Waals surface area (Å²) in [5, 5.41) is 15.8. The molecule has 0 radical (unpaired) electrons. The summed E-state index contributed by atoms with van der Waals surface area (Å²) >= 11 is 0. The molecule has 0 saturated heterocycles. The van der Waals surface area contributed by atoms with Gasteiger partial charge in [-0.2, -0.15) is 0 Å². The van der Waals surface area contributed by atoms with Crippen molar-refractivity contribution in [2.45, 2.75) is 20.0 Å². The minimum absolute atomic E-state index is 0.0605. The minimum Gasteiger partial charge on any atom is -0.491 e. The molecule has 4 rings (SSSR count). The average Bonchev–Trinajstić information content (AvgIpc) is 3.05. The molecular formula is C21H19NO6. The smallest absolute Gasteiger partial charge is 0.336 e. The Kier molecular flexibility index (Phi) is 4.75. The van der Waals surface area contributed by atoms with Crippen LogP contribution in [0.25, 0.3) is 21.9 Å².